The van der Waals surface area contributed by atoms with Crippen LogP contribution in [0.5, 0.6) is 0 Å². The zero-order valence-electron chi connectivity index (χ0n) is 19.5. The molecule has 1 heterocycles. The Labute approximate surface area is 203 Å². The third-order valence-corrected chi connectivity index (χ3v) is 6.19. The first-order valence-electron chi connectivity index (χ1n) is 11.7. The Morgan fingerprint density at radius 3 is 2.51 bits per heavy atom. The van der Waals surface area contributed by atoms with E-state index in [9.17, 15) is 18.8 Å². The van der Waals surface area contributed by atoms with Gasteiger partial charge in [-0.2, -0.15) is 0 Å². The molecule has 3 amide bonds. The molecule has 0 radical (unpaired) electrons. The van der Waals surface area contributed by atoms with E-state index in [1.165, 1.54) is 35.4 Å². The fourth-order valence-corrected chi connectivity index (χ4v) is 4.44. The number of nitrogens with one attached hydrogen (secondary N) is 2. The Morgan fingerprint density at radius 2 is 1.83 bits per heavy atom. The van der Waals surface area contributed by atoms with Crippen molar-refractivity contribution >= 4 is 23.4 Å². The van der Waals surface area contributed by atoms with Crippen LogP contribution in [0.2, 0.25) is 0 Å². The van der Waals surface area contributed by atoms with Gasteiger partial charge in [-0.3, -0.25) is 19.3 Å². The number of halogens is 1. The highest BCUT2D eigenvalue weighted by Gasteiger charge is 2.35. The second-order valence-electron chi connectivity index (χ2n) is 8.65. The number of rotatable bonds is 8. The Bertz CT molecular complexity index is 1190. The van der Waals surface area contributed by atoms with Gasteiger partial charge in [-0.15, -0.1) is 0 Å². The Morgan fingerprint density at radius 1 is 1.06 bits per heavy atom. The highest BCUT2D eigenvalue weighted by Crippen LogP contribution is 2.31. The second kappa shape index (κ2) is 11.0. The SMILES string of the molecule is Cc1ccccc1[C@@H](C(=O)NC1CCCC1)N(C(=O)CNC(=O)c1ccco1)c1cccc(F)c1. The predicted octanol–water partition coefficient (Wildman–Crippen LogP) is 4.29. The van der Waals surface area contributed by atoms with Crippen LogP contribution in [0.15, 0.2) is 71.3 Å². The average Bonchev–Trinajstić information content (AvgIpc) is 3.56. The molecule has 0 aliphatic heterocycles. The van der Waals surface area contributed by atoms with Gasteiger partial charge in [0, 0.05) is 11.7 Å². The van der Waals surface area contributed by atoms with Crippen molar-refractivity contribution in [3.05, 3.63) is 89.6 Å². The summed E-state index contributed by atoms with van der Waals surface area (Å²) >= 11 is 0. The van der Waals surface area contributed by atoms with Crippen LogP contribution in [-0.2, 0) is 9.59 Å². The molecule has 0 bridgehead atoms. The summed E-state index contributed by atoms with van der Waals surface area (Å²) in [5.74, 6) is -1.96. The molecule has 35 heavy (non-hydrogen) atoms. The fourth-order valence-electron chi connectivity index (χ4n) is 4.44. The van der Waals surface area contributed by atoms with Crippen molar-refractivity contribution in [3.63, 3.8) is 0 Å². The number of nitrogens with zero attached hydrogens (tertiary/aromatic N) is 1. The molecule has 8 heteroatoms. The van der Waals surface area contributed by atoms with Crippen LogP contribution in [0.3, 0.4) is 0 Å². The molecular formula is C27H28FN3O4. The molecule has 2 aromatic carbocycles. The highest BCUT2D eigenvalue weighted by molar-refractivity contribution is 6.04. The molecule has 0 saturated heterocycles. The molecule has 1 aromatic heterocycles. The number of carbonyl (C=O) groups excluding carboxylic acids is 3. The first-order valence-corrected chi connectivity index (χ1v) is 11.7. The largest absolute Gasteiger partial charge is 0.459 e. The first kappa shape index (κ1) is 24.2. The minimum atomic E-state index is -1.05. The van der Waals surface area contributed by atoms with Gasteiger partial charge in [0.25, 0.3) is 5.91 Å². The molecule has 182 valence electrons. The van der Waals surface area contributed by atoms with E-state index < -0.39 is 30.2 Å². The van der Waals surface area contributed by atoms with Crippen molar-refractivity contribution in [1.29, 1.82) is 0 Å². The molecule has 2 N–H and O–H groups in total. The Balaban J connectivity index is 1.70. The highest BCUT2D eigenvalue weighted by atomic mass is 19.1. The van der Waals surface area contributed by atoms with E-state index in [1.54, 1.807) is 24.3 Å². The Hall–Kier alpha value is -3.94. The number of hydrogen-bond acceptors (Lipinski definition) is 4. The maximum atomic E-state index is 14.2. The summed E-state index contributed by atoms with van der Waals surface area (Å²) in [6.45, 7) is 1.45. The van der Waals surface area contributed by atoms with Gasteiger partial charge >= 0.3 is 0 Å². The number of furan rings is 1. The van der Waals surface area contributed by atoms with Crippen molar-refractivity contribution in [2.24, 2.45) is 0 Å². The van der Waals surface area contributed by atoms with Crippen LogP contribution in [0.25, 0.3) is 0 Å². The number of carbonyl (C=O) groups is 3. The quantitative estimate of drug-likeness (QED) is 0.506. The number of aryl methyl sites for hydroxylation is 1. The third-order valence-electron chi connectivity index (χ3n) is 6.19. The number of amides is 3. The molecule has 1 atom stereocenters. The summed E-state index contributed by atoms with van der Waals surface area (Å²) in [7, 11) is 0. The van der Waals surface area contributed by atoms with E-state index in [-0.39, 0.29) is 23.4 Å². The van der Waals surface area contributed by atoms with Gasteiger partial charge in [-0.05, 0) is 61.2 Å². The lowest BCUT2D eigenvalue weighted by Crippen LogP contribution is -2.49. The van der Waals surface area contributed by atoms with Crippen molar-refractivity contribution in [2.45, 2.75) is 44.7 Å². The Kier molecular flexibility index (Phi) is 7.60. The summed E-state index contributed by atoms with van der Waals surface area (Å²) in [6, 6.07) is 14.9. The lowest BCUT2D eigenvalue weighted by Gasteiger charge is -2.33. The molecule has 1 aliphatic rings. The third kappa shape index (κ3) is 5.77. The molecule has 1 aliphatic carbocycles. The van der Waals surface area contributed by atoms with Crippen molar-refractivity contribution < 1.29 is 23.2 Å². The van der Waals surface area contributed by atoms with Gasteiger partial charge < -0.3 is 15.1 Å². The van der Waals surface area contributed by atoms with E-state index in [0.29, 0.717) is 5.56 Å². The summed E-state index contributed by atoms with van der Waals surface area (Å²) in [4.78, 5) is 40.9. The molecule has 3 aromatic rings. The lowest BCUT2D eigenvalue weighted by atomic mass is 9.97. The molecule has 1 fully saturated rings. The van der Waals surface area contributed by atoms with Crippen LogP contribution >= 0.6 is 0 Å². The van der Waals surface area contributed by atoms with E-state index in [1.807, 2.05) is 19.1 Å². The fraction of sp³-hybridized carbons (Fsp3) is 0.296. The summed E-state index contributed by atoms with van der Waals surface area (Å²) in [5.41, 5.74) is 1.66. The average molecular weight is 478 g/mol. The van der Waals surface area contributed by atoms with E-state index >= 15 is 0 Å². The maximum absolute atomic E-state index is 14.2. The lowest BCUT2D eigenvalue weighted by molar-refractivity contribution is -0.126. The summed E-state index contributed by atoms with van der Waals surface area (Å²) < 4.78 is 19.3. The topological polar surface area (TPSA) is 91.7 Å². The number of benzene rings is 2. The van der Waals surface area contributed by atoms with Crippen molar-refractivity contribution in [1.82, 2.24) is 10.6 Å². The molecule has 0 unspecified atom stereocenters. The van der Waals surface area contributed by atoms with E-state index in [0.717, 1.165) is 31.2 Å². The smallest absolute Gasteiger partial charge is 0.287 e. The zero-order chi connectivity index (χ0) is 24.8. The normalized spacial score (nSPS) is 14.3. The maximum Gasteiger partial charge on any atom is 0.287 e. The van der Waals surface area contributed by atoms with Gasteiger partial charge in [0.05, 0.1) is 12.8 Å². The number of anilines is 1. The molecule has 1 saturated carbocycles. The van der Waals surface area contributed by atoms with Gasteiger partial charge in [0.1, 0.15) is 11.9 Å². The van der Waals surface area contributed by atoms with Crippen LogP contribution < -0.4 is 15.5 Å². The van der Waals surface area contributed by atoms with Crippen LogP contribution in [0, 0.1) is 12.7 Å². The second-order valence-corrected chi connectivity index (χ2v) is 8.65. The zero-order valence-corrected chi connectivity index (χ0v) is 19.5. The van der Waals surface area contributed by atoms with Crippen LogP contribution in [0.4, 0.5) is 10.1 Å². The standard InChI is InChI=1S/C27H28FN3O4/c1-18-8-2-5-13-22(18)25(27(34)30-20-10-3-4-11-20)31(21-12-6-9-19(28)16-21)24(32)17-29-26(33)23-14-7-15-35-23/h2,5-9,12-16,20,25H,3-4,10-11,17H2,1H3,(H,29,33)(H,30,34)/t25-/m0/s1. The number of hydrogen-bond donors (Lipinski definition) is 2. The summed E-state index contributed by atoms with van der Waals surface area (Å²) in [5, 5.41) is 5.62. The molecule has 7 nitrogen and oxygen atoms in total. The van der Waals surface area contributed by atoms with Gasteiger partial charge in [-0.1, -0.05) is 43.2 Å². The van der Waals surface area contributed by atoms with Crippen molar-refractivity contribution in [3.8, 4) is 0 Å². The van der Waals surface area contributed by atoms with Crippen LogP contribution in [0.1, 0.15) is 53.4 Å². The van der Waals surface area contributed by atoms with E-state index in [2.05, 4.69) is 10.6 Å². The van der Waals surface area contributed by atoms with Gasteiger partial charge in [-0.25, -0.2) is 4.39 Å². The monoisotopic (exact) mass is 477 g/mol. The first-order chi connectivity index (χ1) is 16.9. The van der Waals surface area contributed by atoms with Crippen molar-refractivity contribution in [2.75, 3.05) is 11.4 Å². The molecule has 4 rings (SSSR count). The minimum absolute atomic E-state index is 0.0251. The predicted molar refractivity (Wildman–Crippen MR) is 129 cm³/mol. The van der Waals surface area contributed by atoms with E-state index in [4.69, 9.17) is 4.42 Å². The molecular weight excluding hydrogens is 449 g/mol. The van der Waals surface area contributed by atoms with Gasteiger partial charge in [0.15, 0.2) is 5.76 Å². The van der Waals surface area contributed by atoms with Gasteiger partial charge in [0.2, 0.25) is 11.8 Å². The molecule has 0 spiro atoms. The minimum Gasteiger partial charge on any atom is -0.459 e. The van der Waals surface area contributed by atoms with Crippen LogP contribution in [-0.4, -0.2) is 30.3 Å². The summed E-state index contributed by atoms with van der Waals surface area (Å²) in [6.07, 6.45) is 5.17.